The average Bonchev–Trinajstić information content (AvgIpc) is 2.74. The Hall–Kier alpha value is -3.11. The minimum absolute atomic E-state index is 0.0510. The van der Waals surface area contributed by atoms with Crippen molar-refractivity contribution >= 4 is 28.6 Å². The van der Waals surface area contributed by atoms with Crippen LogP contribution in [0.5, 0.6) is 0 Å². The van der Waals surface area contributed by atoms with Crippen LogP contribution in [0, 0.1) is 17.2 Å². The number of benzene rings is 2. The number of hydrogen-bond donors (Lipinski definition) is 1. The summed E-state index contributed by atoms with van der Waals surface area (Å²) in [5.41, 5.74) is 0.0987. The Morgan fingerprint density at radius 3 is 2.40 bits per heavy atom. The van der Waals surface area contributed by atoms with E-state index in [0.717, 1.165) is 0 Å². The summed E-state index contributed by atoms with van der Waals surface area (Å²) in [5, 5.41) is 12.7. The van der Waals surface area contributed by atoms with Crippen molar-refractivity contribution in [2.75, 3.05) is 0 Å². The monoisotopic (exact) mass is 420 g/mol. The van der Waals surface area contributed by atoms with Crippen molar-refractivity contribution in [2.45, 2.75) is 43.6 Å². The molecule has 0 aliphatic carbocycles. The maximum absolute atomic E-state index is 13.2. The van der Waals surface area contributed by atoms with Gasteiger partial charge in [0.2, 0.25) is 5.91 Å². The van der Waals surface area contributed by atoms with Crippen LogP contribution in [-0.2, 0) is 4.79 Å². The van der Waals surface area contributed by atoms with Crippen LogP contribution >= 0.6 is 11.8 Å². The summed E-state index contributed by atoms with van der Waals surface area (Å²) in [6, 6.07) is 18.6. The second kappa shape index (κ2) is 8.72. The maximum Gasteiger partial charge on any atom is 0.266 e. The predicted molar refractivity (Wildman–Crippen MR) is 120 cm³/mol. The highest BCUT2D eigenvalue weighted by Crippen LogP contribution is 2.26. The topological polar surface area (TPSA) is 87.8 Å². The van der Waals surface area contributed by atoms with Gasteiger partial charge in [-0.25, -0.2) is 4.98 Å². The zero-order chi connectivity index (χ0) is 21.9. The molecule has 0 aliphatic heterocycles. The third-order valence-electron chi connectivity index (χ3n) is 5.18. The summed E-state index contributed by atoms with van der Waals surface area (Å²) >= 11 is 1.20. The van der Waals surface area contributed by atoms with E-state index in [9.17, 15) is 14.9 Å². The normalized spacial score (nSPS) is 14.1. The SMILES string of the molecule is CC(Sc1nc2ccccc2c(=O)n1-c1ccccc1)C(=O)NC(C)(C#N)C(C)C. The molecule has 0 radical (unpaired) electrons. The molecule has 2 aromatic carbocycles. The lowest BCUT2D eigenvalue weighted by molar-refractivity contribution is -0.121. The van der Waals surface area contributed by atoms with Crippen LogP contribution in [0.15, 0.2) is 64.5 Å². The lowest BCUT2D eigenvalue weighted by Crippen LogP contribution is -2.51. The number of nitriles is 1. The first-order valence-corrected chi connectivity index (χ1v) is 10.6. The molecule has 6 nitrogen and oxygen atoms in total. The summed E-state index contributed by atoms with van der Waals surface area (Å²) < 4.78 is 1.53. The molecule has 30 heavy (non-hydrogen) atoms. The number of carbonyl (C=O) groups excluding carboxylic acids is 1. The third kappa shape index (κ3) is 4.24. The summed E-state index contributed by atoms with van der Waals surface area (Å²) in [6.45, 7) is 7.23. The number of carbonyl (C=O) groups is 1. The number of nitrogens with one attached hydrogen (secondary N) is 1. The van der Waals surface area contributed by atoms with Gasteiger partial charge in [-0.3, -0.25) is 14.2 Å². The summed E-state index contributed by atoms with van der Waals surface area (Å²) in [7, 11) is 0. The number of hydrogen-bond acceptors (Lipinski definition) is 5. The molecule has 3 aromatic rings. The van der Waals surface area contributed by atoms with Gasteiger partial charge in [-0.1, -0.05) is 55.9 Å². The summed E-state index contributed by atoms with van der Waals surface area (Å²) in [5.74, 6) is -0.329. The van der Waals surface area contributed by atoms with Gasteiger partial charge in [0.25, 0.3) is 5.56 Å². The molecule has 1 aromatic heterocycles. The van der Waals surface area contributed by atoms with Gasteiger partial charge in [0, 0.05) is 0 Å². The fourth-order valence-corrected chi connectivity index (χ4v) is 3.79. The smallest absolute Gasteiger partial charge is 0.266 e. The van der Waals surface area contributed by atoms with E-state index in [1.807, 2.05) is 50.2 Å². The van der Waals surface area contributed by atoms with Gasteiger partial charge < -0.3 is 5.32 Å². The highest BCUT2D eigenvalue weighted by atomic mass is 32.2. The van der Waals surface area contributed by atoms with Gasteiger partial charge in [-0.2, -0.15) is 5.26 Å². The zero-order valence-corrected chi connectivity index (χ0v) is 18.2. The summed E-state index contributed by atoms with van der Waals surface area (Å²) in [6.07, 6.45) is 0. The molecule has 1 N–H and O–H groups in total. The van der Waals surface area contributed by atoms with Crippen molar-refractivity contribution < 1.29 is 4.79 Å². The molecule has 1 amide bonds. The minimum atomic E-state index is -0.970. The number of amides is 1. The second-order valence-electron chi connectivity index (χ2n) is 7.61. The number of para-hydroxylation sites is 2. The Bertz CT molecular complexity index is 1170. The van der Waals surface area contributed by atoms with Gasteiger partial charge in [0.05, 0.1) is 27.9 Å². The molecule has 3 rings (SSSR count). The first-order valence-electron chi connectivity index (χ1n) is 9.74. The first-order chi connectivity index (χ1) is 14.3. The molecule has 0 saturated carbocycles. The Morgan fingerprint density at radius 1 is 1.13 bits per heavy atom. The van der Waals surface area contributed by atoms with E-state index in [-0.39, 0.29) is 17.4 Å². The maximum atomic E-state index is 13.2. The first kappa shape index (κ1) is 21.6. The van der Waals surface area contributed by atoms with Crippen molar-refractivity contribution in [3.8, 4) is 11.8 Å². The van der Waals surface area contributed by atoms with E-state index in [1.165, 1.54) is 16.3 Å². The van der Waals surface area contributed by atoms with Crippen molar-refractivity contribution in [1.29, 1.82) is 5.26 Å². The number of thioether (sulfide) groups is 1. The van der Waals surface area contributed by atoms with Crippen LogP contribution in [0.4, 0.5) is 0 Å². The lowest BCUT2D eigenvalue weighted by atomic mass is 9.90. The molecule has 0 fully saturated rings. The standard InChI is InChI=1S/C23H24N4O2S/c1-15(2)23(4,14-24)26-20(28)16(3)30-22-25-19-13-9-8-12-18(19)21(29)27(22)17-10-6-5-7-11-17/h5-13,15-16H,1-4H3,(H,26,28). The van der Waals surface area contributed by atoms with Crippen LogP contribution < -0.4 is 10.9 Å². The van der Waals surface area contributed by atoms with Crippen molar-refractivity contribution in [3.05, 3.63) is 65.0 Å². The van der Waals surface area contributed by atoms with E-state index in [1.54, 1.807) is 32.0 Å². The van der Waals surface area contributed by atoms with Gasteiger partial charge in [0.1, 0.15) is 5.54 Å². The van der Waals surface area contributed by atoms with Gasteiger partial charge >= 0.3 is 0 Å². The Morgan fingerprint density at radius 2 is 1.77 bits per heavy atom. The Balaban J connectivity index is 2.02. The zero-order valence-electron chi connectivity index (χ0n) is 17.4. The third-order valence-corrected chi connectivity index (χ3v) is 6.23. The Kier molecular flexibility index (Phi) is 6.28. The molecule has 2 atom stereocenters. The molecule has 7 heteroatoms. The van der Waals surface area contributed by atoms with Crippen LogP contribution in [-0.4, -0.2) is 26.2 Å². The lowest BCUT2D eigenvalue weighted by Gasteiger charge is -2.28. The van der Waals surface area contributed by atoms with E-state index in [2.05, 4.69) is 16.4 Å². The highest BCUT2D eigenvalue weighted by molar-refractivity contribution is 8.00. The van der Waals surface area contributed by atoms with Crippen molar-refractivity contribution in [1.82, 2.24) is 14.9 Å². The fraction of sp³-hybridized carbons (Fsp3) is 0.304. The Labute approximate surface area is 179 Å². The van der Waals surface area contributed by atoms with E-state index in [0.29, 0.717) is 21.7 Å². The van der Waals surface area contributed by atoms with Crippen LogP contribution in [0.3, 0.4) is 0 Å². The molecular weight excluding hydrogens is 396 g/mol. The van der Waals surface area contributed by atoms with Crippen LogP contribution in [0.1, 0.15) is 27.7 Å². The van der Waals surface area contributed by atoms with Crippen molar-refractivity contribution in [2.24, 2.45) is 5.92 Å². The van der Waals surface area contributed by atoms with E-state index >= 15 is 0 Å². The van der Waals surface area contributed by atoms with E-state index < -0.39 is 10.8 Å². The van der Waals surface area contributed by atoms with E-state index in [4.69, 9.17) is 0 Å². The quantitative estimate of drug-likeness (QED) is 0.482. The molecule has 0 bridgehead atoms. The molecule has 0 saturated heterocycles. The minimum Gasteiger partial charge on any atom is -0.337 e. The fourth-order valence-electron chi connectivity index (χ4n) is 2.87. The predicted octanol–water partition coefficient (Wildman–Crippen LogP) is 3.92. The molecule has 2 unspecified atom stereocenters. The highest BCUT2D eigenvalue weighted by Gasteiger charge is 2.32. The van der Waals surface area contributed by atoms with Gasteiger partial charge in [-0.05, 0) is 44.0 Å². The van der Waals surface area contributed by atoms with Crippen molar-refractivity contribution in [3.63, 3.8) is 0 Å². The molecule has 0 spiro atoms. The summed E-state index contributed by atoms with van der Waals surface area (Å²) in [4.78, 5) is 30.7. The number of nitrogens with zero attached hydrogens (tertiary/aromatic N) is 3. The van der Waals surface area contributed by atoms with Crippen LogP contribution in [0.25, 0.3) is 16.6 Å². The molecule has 154 valence electrons. The number of rotatable bonds is 6. The second-order valence-corrected chi connectivity index (χ2v) is 8.91. The van der Waals surface area contributed by atoms with Gasteiger partial charge in [-0.15, -0.1) is 0 Å². The number of aromatic nitrogens is 2. The molecule has 1 heterocycles. The van der Waals surface area contributed by atoms with Gasteiger partial charge in [0.15, 0.2) is 5.16 Å². The average molecular weight is 421 g/mol. The largest absolute Gasteiger partial charge is 0.337 e. The number of fused-ring (bicyclic) bond motifs is 1. The molecule has 0 aliphatic rings. The van der Waals surface area contributed by atoms with Crippen LogP contribution in [0.2, 0.25) is 0 Å². The molecular formula is C23H24N4O2S.